The molecule has 0 aliphatic heterocycles. The number of thiazole rings is 1. The Bertz CT molecular complexity index is 1040. The van der Waals surface area contributed by atoms with Crippen LogP contribution in [0.1, 0.15) is 10.4 Å². The Kier molecular flexibility index (Phi) is 3.82. The van der Waals surface area contributed by atoms with Gasteiger partial charge in [-0.25, -0.2) is 19.6 Å². The normalized spacial score (nSPS) is 10.8. The molecule has 3 heterocycles. The SMILES string of the molecule is COc1cccc2sc(NC(=O)c3ccnc(-n4cncn4)c3)nc12. The summed E-state index contributed by atoms with van der Waals surface area (Å²) < 4.78 is 7.72. The van der Waals surface area contributed by atoms with Crippen molar-refractivity contribution in [2.24, 2.45) is 0 Å². The molecule has 4 rings (SSSR count). The number of anilines is 1. The number of aromatic nitrogens is 5. The van der Waals surface area contributed by atoms with Gasteiger partial charge < -0.3 is 4.74 Å². The lowest BCUT2D eigenvalue weighted by atomic mass is 10.2. The summed E-state index contributed by atoms with van der Waals surface area (Å²) in [7, 11) is 1.59. The number of hydrogen-bond acceptors (Lipinski definition) is 7. The van der Waals surface area contributed by atoms with Crippen LogP contribution in [0.15, 0.2) is 49.2 Å². The van der Waals surface area contributed by atoms with Gasteiger partial charge in [0.15, 0.2) is 10.9 Å². The summed E-state index contributed by atoms with van der Waals surface area (Å²) in [4.78, 5) is 25.0. The average Bonchev–Trinajstić information content (AvgIpc) is 3.30. The number of benzene rings is 1. The number of carbonyl (C=O) groups is 1. The van der Waals surface area contributed by atoms with Crippen molar-refractivity contribution in [1.29, 1.82) is 0 Å². The molecule has 3 aromatic heterocycles. The van der Waals surface area contributed by atoms with E-state index in [2.05, 4.69) is 25.4 Å². The molecule has 8 nitrogen and oxygen atoms in total. The fourth-order valence-corrected chi connectivity index (χ4v) is 3.20. The quantitative estimate of drug-likeness (QED) is 0.606. The molecule has 4 aromatic rings. The largest absolute Gasteiger partial charge is 0.494 e. The summed E-state index contributed by atoms with van der Waals surface area (Å²) in [6.45, 7) is 0. The maximum atomic E-state index is 12.5. The molecule has 0 bridgehead atoms. The molecule has 0 radical (unpaired) electrons. The number of amides is 1. The van der Waals surface area contributed by atoms with Crippen LogP contribution in [0.2, 0.25) is 0 Å². The molecule has 0 spiro atoms. The molecule has 0 fully saturated rings. The number of nitrogens with zero attached hydrogens (tertiary/aromatic N) is 5. The highest BCUT2D eigenvalue weighted by atomic mass is 32.1. The van der Waals surface area contributed by atoms with Crippen molar-refractivity contribution in [3.05, 3.63) is 54.7 Å². The van der Waals surface area contributed by atoms with Gasteiger partial charge in [-0.2, -0.15) is 5.10 Å². The van der Waals surface area contributed by atoms with E-state index in [-0.39, 0.29) is 5.91 Å². The van der Waals surface area contributed by atoms with E-state index in [1.165, 1.54) is 28.7 Å². The van der Waals surface area contributed by atoms with Crippen molar-refractivity contribution in [2.75, 3.05) is 12.4 Å². The highest BCUT2D eigenvalue weighted by Crippen LogP contribution is 2.32. The molecule has 0 atom stereocenters. The number of pyridine rings is 1. The van der Waals surface area contributed by atoms with E-state index < -0.39 is 0 Å². The zero-order valence-electron chi connectivity index (χ0n) is 13.1. The first-order chi connectivity index (χ1) is 12.2. The zero-order valence-corrected chi connectivity index (χ0v) is 13.9. The van der Waals surface area contributed by atoms with Gasteiger partial charge in [-0.15, -0.1) is 0 Å². The Balaban J connectivity index is 1.61. The highest BCUT2D eigenvalue weighted by molar-refractivity contribution is 7.22. The van der Waals surface area contributed by atoms with Crippen molar-refractivity contribution < 1.29 is 9.53 Å². The van der Waals surface area contributed by atoms with Crippen LogP contribution in [0.3, 0.4) is 0 Å². The molecular formula is C16H12N6O2S. The van der Waals surface area contributed by atoms with Crippen LogP contribution in [0.4, 0.5) is 5.13 Å². The Hall–Kier alpha value is -3.33. The molecule has 0 aliphatic carbocycles. The monoisotopic (exact) mass is 352 g/mol. The lowest BCUT2D eigenvalue weighted by Gasteiger charge is -2.04. The first kappa shape index (κ1) is 15.2. The van der Waals surface area contributed by atoms with E-state index in [9.17, 15) is 4.79 Å². The number of carbonyl (C=O) groups excluding carboxylic acids is 1. The molecule has 1 N–H and O–H groups in total. The Labute approximate surface area is 146 Å². The molecule has 0 aliphatic rings. The Morgan fingerprint density at radius 2 is 2.24 bits per heavy atom. The van der Waals surface area contributed by atoms with E-state index >= 15 is 0 Å². The predicted molar refractivity (Wildman–Crippen MR) is 93.3 cm³/mol. The predicted octanol–water partition coefficient (Wildman–Crippen LogP) is 2.53. The number of fused-ring (bicyclic) bond motifs is 1. The molecule has 0 unspecified atom stereocenters. The number of nitrogens with one attached hydrogen (secondary N) is 1. The van der Waals surface area contributed by atoms with Crippen molar-refractivity contribution in [2.45, 2.75) is 0 Å². The second-order valence-corrected chi connectivity index (χ2v) is 6.05. The van der Waals surface area contributed by atoms with Crippen LogP contribution in [0, 0.1) is 0 Å². The van der Waals surface area contributed by atoms with E-state index in [0.717, 1.165) is 10.2 Å². The van der Waals surface area contributed by atoms with Crippen LogP contribution in [-0.2, 0) is 0 Å². The van der Waals surface area contributed by atoms with Crippen LogP contribution in [0.25, 0.3) is 16.0 Å². The maximum absolute atomic E-state index is 12.5. The summed E-state index contributed by atoms with van der Waals surface area (Å²) in [6, 6.07) is 8.92. The van der Waals surface area contributed by atoms with Crippen molar-refractivity contribution >= 4 is 32.6 Å². The summed E-state index contributed by atoms with van der Waals surface area (Å²) >= 11 is 1.39. The van der Waals surface area contributed by atoms with E-state index in [1.807, 2.05) is 18.2 Å². The third-order valence-electron chi connectivity index (χ3n) is 3.48. The van der Waals surface area contributed by atoms with Gasteiger partial charge in [0, 0.05) is 11.8 Å². The molecule has 1 aromatic carbocycles. The van der Waals surface area contributed by atoms with Crippen molar-refractivity contribution in [3.8, 4) is 11.6 Å². The molecule has 0 saturated heterocycles. The number of rotatable bonds is 4. The Morgan fingerprint density at radius 3 is 3.04 bits per heavy atom. The molecule has 9 heteroatoms. The smallest absolute Gasteiger partial charge is 0.257 e. The number of ether oxygens (including phenoxy) is 1. The van der Waals surface area contributed by atoms with E-state index in [0.29, 0.717) is 22.3 Å². The average molecular weight is 352 g/mol. The maximum Gasteiger partial charge on any atom is 0.257 e. The molecular weight excluding hydrogens is 340 g/mol. The second-order valence-electron chi connectivity index (χ2n) is 5.02. The summed E-state index contributed by atoms with van der Waals surface area (Å²) in [6.07, 6.45) is 4.47. The van der Waals surface area contributed by atoms with Crippen LogP contribution in [-0.4, -0.2) is 37.7 Å². The van der Waals surface area contributed by atoms with Gasteiger partial charge in [0.05, 0.1) is 11.8 Å². The van der Waals surface area contributed by atoms with Gasteiger partial charge in [-0.05, 0) is 24.3 Å². The third kappa shape index (κ3) is 2.92. The fraction of sp³-hybridized carbons (Fsp3) is 0.0625. The fourth-order valence-electron chi connectivity index (χ4n) is 2.32. The minimum atomic E-state index is -0.276. The van der Waals surface area contributed by atoms with E-state index in [1.54, 1.807) is 25.4 Å². The number of hydrogen-bond donors (Lipinski definition) is 1. The van der Waals surface area contributed by atoms with Crippen molar-refractivity contribution in [3.63, 3.8) is 0 Å². The molecule has 0 saturated carbocycles. The van der Waals surface area contributed by atoms with Crippen molar-refractivity contribution in [1.82, 2.24) is 24.7 Å². The third-order valence-corrected chi connectivity index (χ3v) is 4.42. The molecule has 1 amide bonds. The summed E-state index contributed by atoms with van der Waals surface area (Å²) in [5, 5.41) is 7.32. The highest BCUT2D eigenvalue weighted by Gasteiger charge is 2.13. The Morgan fingerprint density at radius 1 is 1.32 bits per heavy atom. The molecule has 124 valence electrons. The minimum Gasteiger partial charge on any atom is -0.494 e. The van der Waals surface area contributed by atoms with Crippen LogP contribution >= 0.6 is 11.3 Å². The van der Waals surface area contributed by atoms with Gasteiger partial charge in [-0.1, -0.05) is 17.4 Å². The summed E-state index contributed by atoms with van der Waals surface area (Å²) in [5.41, 5.74) is 1.18. The number of methoxy groups -OCH3 is 1. The summed E-state index contributed by atoms with van der Waals surface area (Å²) in [5.74, 6) is 0.907. The lowest BCUT2D eigenvalue weighted by molar-refractivity contribution is 0.102. The minimum absolute atomic E-state index is 0.276. The first-order valence-electron chi connectivity index (χ1n) is 7.30. The van der Waals surface area contributed by atoms with Gasteiger partial charge in [0.2, 0.25) is 0 Å². The van der Waals surface area contributed by atoms with Gasteiger partial charge in [0.1, 0.15) is 23.9 Å². The van der Waals surface area contributed by atoms with E-state index in [4.69, 9.17) is 4.74 Å². The van der Waals surface area contributed by atoms with Crippen LogP contribution in [0.5, 0.6) is 5.75 Å². The van der Waals surface area contributed by atoms with Crippen LogP contribution < -0.4 is 10.1 Å². The number of para-hydroxylation sites is 1. The van der Waals surface area contributed by atoms with Gasteiger partial charge >= 0.3 is 0 Å². The zero-order chi connectivity index (χ0) is 17.2. The standard InChI is InChI=1S/C16H12N6O2S/c1-24-11-3-2-4-12-14(11)20-16(25-12)21-15(23)10-5-6-18-13(7-10)22-9-17-8-19-22/h2-9H,1H3,(H,20,21,23). The topological polar surface area (TPSA) is 94.8 Å². The second kappa shape index (κ2) is 6.29. The first-order valence-corrected chi connectivity index (χ1v) is 8.12. The van der Waals surface area contributed by atoms with Gasteiger partial charge in [0.25, 0.3) is 5.91 Å². The van der Waals surface area contributed by atoms with Gasteiger partial charge in [-0.3, -0.25) is 10.1 Å². The molecule has 25 heavy (non-hydrogen) atoms. The lowest BCUT2D eigenvalue weighted by Crippen LogP contribution is -2.12.